The van der Waals surface area contributed by atoms with Gasteiger partial charge in [-0.15, -0.1) is 11.3 Å². The van der Waals surface area contributed by atoms with Crippen LogP contribution in [0.4, 0.5) is 0 Å². The maximum absolute atomic E-state index is 11.9. The number of rotatable bonds is 4. The molecule has 3 rings (SSSR count). The average Bonchev–Trinajstić information content (AvgIpc) is 3.05. The van der Waals surface area contributed by atoms with E-state index in [0.29, 0.717) is 16.3 Å². The molecule has 5 nitrogen and oxygen atoms in total. The molecule has 0 aliphatic carbocycles. The van der Waals surface area contributed by atoms with Crippen LogP contribution in [0.5, 0.6) is 5.75 Å². The molecule has 120 valence electrons. The first-order chi connectivity index (χ1) is 11.6. The molecule has 0 bridgehead atoms. The molecule has 0 saturated heterocycles. The summed E-state index contributed by atoms with van der Waals surface area (Å²) < 4.78 is 0. The Balaban J connectivity index is 1.64. The Kier molecular flexibility index (Phi) is 4.88. The van der Waals surface area contributed by atoms with Crippen molar-refractivity contribution in [3.63, 3.8) is 0 Å². The Morgan fingerprint density at radius 2 is 1.88 bits per heavy atom. The van der Waals surface area contributed by atoms with Gasteiger partial charge in [0.2, 0.25) is 0 Å². The van der Waals surface area contributed by atoms with Gasteiger partial charge in [0.15, 0.2) is 0 Å². The quantitative estimate of drug-likeness (QED) is 0.548. The van der Waals surface area contributed by atoms with E-state index in [1.54, 1.807) is 0 Å². The maximum Gasteiger partial charge on any atom is 0.271 e. The van der Waals surface area contributed by atoms with Crippen molar-refractivity contribution in [3.05, 3.63) is 70.2 Å². The zero-order chi connectivity index (χ0) is 16.9. The Hall–Kier alpha value is -2.70. The first-order valence-electron chi connectivity index (χ1n) is 6.96. The highest BCUT2D eigenvalue weighted by Gasteiger charge is 2.05. The zero-order valence-electron chi connectivity index (χ0n) is 12.3. The number of halogens is 1. The first kappa shape index (κ1) is 16.2. The minimum absolute atomic E-state index is 0.104. The maximum atomic E-state index is 11.9. The first-order valence-corrected chi connectivity index (χ1v) is 8.21. The predicted molar refractivity (Wildman–Crippen MR) is 95.7 cm³/mol. The van der Waals surface area contributed by atoms with Crippen LogP contribution >= 0.6 is 22.9 Å². The molecule has 2 aromatic carbocycles. The number of benzene rings is 2. The third kappa shape index (κ3) is 3.98. The molecule has 0 radical (unpaired) electrons. The SMILES string of the molecule is O=C(N/N=C\c1csc(-c2ccc(Cl)cc2)n1)c1ccc(O)cc1. The van der Waals surface area contributed by atoms with Gasteiger partial charge in [-0.25, -0.2) is 10.4 Å². The van der Waals surface area contributed by atoms with Gasteiger partial charge in [0.25, 0.3) is 5.91 Å². The van der Waals surface area contributed by atoms with Crippen LogP contribution in [-0.2, 0) is 0 Å². The summed E-state index contributed by atoms with van der Waals surface area (Å²) in [5.41, 5.74) is 4.45. The Morgan fingerprint density at radius 1 is 1.17 bits per heavy atom. The molecule has 0 saturated carbocycles. The van der Waals surface area contributed by atoms with Crippen LogP contribution in [0.15, 0.2) is 59.0 Å². The number of hydrazone groups is 1. The molecule has 0 spiro atoms. The van der Waals surface area contributed by atoms with E-state index in [9.17, 15) is 9.90 Å². The molecule has 24 heavy (non-hydrogen) atoms. The van der Waals surface area contributed by atoms with Crippen LogP contribution < -0.4 is 5.43 Å². The molecule has 0 fully saturated rings. The van der Waals surface area contributed by atoms with E-state index in [1.807, 2.05) is 29.6 Å². The van der Waals surface area contributed by atoms with Crippen LogP contribution in [0, 0.1) is 0 Å². The molecule has 1 heterocycles. The fourth-order valence-corrected chi connectivity index (χ4v) is 2.81. The van der Waals surface area contributed by atoms with E-state index in [2.05, 4.69) is 15.5 Å². The number of aromatic nitrogens is 1. The van der Waals surface area contributed by atoms with Crippen molar-refractivity contribution in [2.75, 3.05) is 0 Å². The molecule has 0 aliphatic heterocycles. The van der Waals surface area contributed by atoms with Gasteiger partial charge < -0.3 is 5.11 Å². The van der Waals surface area contributed by atoms with E-state index in [4.69, 9.17) is 11.6 Å². The number of amides is 1. The fraction of sp³-hybridized carbons (Fsp3) is 0. The molecular formula is C17H12ClN3O2S. The van der Waals surface area contributed by atoms with E-state index >= 15 is 0 Å². The molecule has 1 amide bonds. The number of nitrogens with zero attached hydrogens (tertiary/aromatic N) is 2. The highest BCUT2D eigenvalue weighted by Crippen LogP contribution is 2.24. The molecule has 0 unspecified atom stereocenters. The lowest BCUT2D eigenvalue weighted by Gasteiger charge is -1.99. The molecule has 1 aromatic heterocycles. The normalized spacial score (nSPS) is 10.9. The van der Waals surface area contributed by atoms with Gasteiger partial charge in [-0.1, -0.05) is 23.7 Å². The lowest BCUT2D eigenvalue weighted by Crippen LogP contribution is -2.17. The lowest BCUT2D eigenvalue weighted by atomic mass is 10.2. The number of phenols is 1. The number of carbonyl (C=O) groups is 1. The van der Waals surface area contributed by atoms with Gasteiger partial charge in [-0.05, 0) is 36.4 Å². The number of phenolic OH excluding ortho intramolecular Hbond substituents is 1. The van der Waals surface area contributed by atoms with E-state index < -0.39 is 0 Å². The highest BCUT2D eigenvalue weighted by atomic mass is 35.5. The Labute approximate surface area is 147 Å². The van der Waals surface area contributed by atoms with Crippen LogP contribution in [0.1, 0.15) is 16.1 Å². The smallest absolute Gasteiger partial charge is 0.271 e. The summed E-state index contributed by atoms with van der Waals surface area (Å²) in [5, 5.41) is 16.5. The monoisotopic (exact) mass is 357 g/mol. The van der Waals surface area contributed by atoms with E-state index in [-0.39, 0.29) is 11.7 Å². The van der Waals surface area contributed by atoms with Crippen LogP contribution in [0.3, 0.4) is 0 Å². The summed E-state index contributed by atoms with van der Waals surface area (Å²) in [5.74, 6) is -0.258. The topological polar surface area (TPSA) is 74.6 Å². The minimum Gasteiger partial charge on any atom is -0.508 e. The summed E-state index contributed by atoms with van der Waals surface area (Å²) in [6.07, 6.45) is 1.48. The van der Waals surface area contributed by atoms with Crippen molar-refractivity contribution >= 4 is 35.1 Å². The zero-order valence-corrected chi connectivity index (χ0v) is 13.9. The summed E-state index contributed by atoms with van der Waals surface area (Å²) in [6, 6.07) is 13.3. The lowest BCUT2D eigenvalue weighted by molar-refractivity contribution is 0.0955. The van der Waals surface area contributed by atoms with Crippen molar-refractivity contribution < 1.29 is 9.90 Å². The fourth-order valence-electron chi connectivity index (χ4n) is 1.90. The number of aromatic hydroxyl groups is 1. The van der Waals surface area contributed by atoms with Crippen LogP contribution in [-0.4, -0.2) is 22.2 Å². The van der Waals surface area contributed by atoms with Gasteiger partial charge >= 0.3 is 0 Å². The largest absolute Gasteiger partial charge is 0.508 e. The van der Waals surface area contributed by atoms with Gasteiger partial charge in [0, 0.05) is 21.5 Å². The predicted octanol–water partition coefficient (Wildman–Crippen LogP) is 3.93. The van der Waals surface area contributed by atoms with Crippen molar-refractivity contribution in [2.45, 2.75) is 0 Å². The second-order valence-electron chi connectivity index (χ2n) is 4.83. The average molecular weight is 358 g/mol. The molecule has 0 atom stereocenters. The second kappa shape index (κ2) is 7.25. The van der Waals surface area contributed by atoms with E-state index in [0.717, 1.165) is 10.6 Å². The summed E-state index contributed by atoms with van der Waals surface area (Å²) in [7, 11) is 0. The molecule has 0 aliphatic rings. The number of carbonyl (C=O) groups excluding carboxylic acids is 1. The number of thiazole rings is 1. The second-order valence-corrected chi connectivity index (χ2v) is 6.12. The Bertz CT molecular complexity index is 874. The van der Waals surface area contributed by atoms with Crippen molar-refractivity contribution in [1.29, 1.82) is 0 Å². The summed E-state index contributed by atoms with van der Waals surface area (Å²) >= 11 is 7.35. The third-order valence-electron chi connectivity index (χ3n) is 3.11. The molecule has 7 heteroatoms. The van der Waals surface area contributed by atoms with Crippen LogP contribution in [0.25, 0.3) is 10.6 Å². The number of hydrogen-bond acceptors (Lipinski definition) is 5. The third-order valence-corrected chi connectivity index (χ3v) is 4.27. The molecular weight excluding hydrogens is 346 g/mol. The van der Waals surface area contributed by atoms with Crippen LogP contribution in [0.2, 0.25) is 5.02 Å². The van der Waals surface area contributed by atoms with E-state index in [1.165, 1.54) is 41.8 Å². The molecule has 2 N–H and O–H groups in total. The van der Waals surface area contributed by atoms with Crippen molar-refractivity contribution in [3.8, 4) is 16.3 Å². The number of nitrogens with one attached hydrogen (secondary N) is 1. The highest BCUT2D eigenvalue weighted by molar-refractivity contribution is 7.13. The summed E-state index contributed by atoms with van der Waals surface area (Å²) in [6.45, 7) is 0. The summed E-state index contributed by atoms with van der Waals surface area (Å²) in [4.78, 5) is 16.3. The van der Waals surface area contributed by atoms with Gasteiger partial charge in [0.1, 0.15) is 10.8 Å². The number of hydrogen-bond donors (Lipinski definition) is 2. The van der Waals surface area contributed by atoms with Gasteiger partial charge in [-0.2, -0.15) is 5.10 Å². The molecule has 3 aromatic rings. The standard InChI is InChI=1S/C17H12ClN3O2S/c18-13-5-1-12(2-6-13)17-20-14(10-24-17)9-19-21-16(23)11-3-7-15(22)8-4-11/h1-10,22H,(H,21,23)/b19-9-. The van der Waals surface area contributed by atoms with Crippen molar-refractivity contribution in [1.82, 2.24) is 10.4 Å². The van der Waals surface area contributed by atoms with Gasteiger partial charge in [-0.3, -0.25) is 4.79 Å². The minimum atomic E-state index is -0.362. The Morgan fingerprint density at radius 3 is 2.58 bits per heavy atom. The van der Waals surface area contributed by atoms with Gasteiger partial charge in [0.05, 0.1) is 11.9 Å². The van der Waals surface area contributed by atoms with Crippen molar-refractivity contribution in [2.24, 2.45) is 5.10 Å².